The molecule has 0 aliphatic heterocycles. The van der Waals surface area contributed by atoms with E-state index in [9.17, 15) is 4.79 Å². The van der Waals surface area contributed by atoms with Gasteiger partial charge >= 0.3 is 0 Å². The normalized spacial score (nSPS) is 9.69. The molecule has 1 N–H and O–H groups in total. The summed E-state index contributed by atoms with van der Waals surface area (Å²) in [6, 6.07) is 3.98. The van der Waals surface area contributed by atoms with E-state index < -0.39 is 0 Å². The van der Waals surface area contributed by atoms with Crippen LogP contribution in [0.2, 0.25) is 0 Å². The van der Waals surface area contributed by atoms with E-state index >= 15 is 0 Å². The minimum atomic E-state index is -0.164. The molecule has 0 bridgehead atoms. The number of hydrogen-bond donors (Lipinski definition) is 1. The summed E-state index contributed by atoms with van der Waals surface area (Å²) < 4.78 is 0. The van der Waals surface area contributed by atoms with Crippen molar-refractivity contribution >= 4 is 5.91 Å². The lowest BCUT2D eigenvalue weighted by atomic mass is 9.94. The minimum absolute atomic E-state index is 0.0463. The summed E-state index contributed by atoms with van der Waals surface area (Å²) >= 11 is 0. The van der Waals surface area contributed by atoms with Gasteiger partial charge in [0.1, 0.15) is 6.54 Å². The van der Waals surface area contributed by atoms with Crippen molar-refractivity contribution in [1.29, 1.82) is 5.26 Å². The first kappa shape index (κ1) is 12.3. The molecule has 0 fully saturated rings. The number of nitrogens with zero attached hydrogens (tertiary/aromatic N) is 1. The molecule has 0 spiro atoms. The topological polar surface area (TPSA) is 52.9 Å². The van der Waals surface area contributed by atoms with Crippen LogP contribution in [0.4, 0.5) is 0 Å². The summed E-state index contributed by atoms with van der Waals surface area (Å²) in [4.78, 5) is 11.9. The van der Waals surface area contributed by atoms with Crippen molar-refractivity contribution in [3.63, 3.8) is 0 Å². The van der Waals surface area contributed by atoms with Crippen LogP contribution in [0.25, 0.3) is 0 Å². The molecular formula is C13H16N2O. The molecule has 0 heterocycles. The first-order chi connectivity index (χ1) is 7.49. The molecule has 0 aromatic heterocycles. The van der Waals surface area contributed by atoms with Gasteiger partial charge in [-0.1, -0.05) is 6.07 Å². The summed E-state index contributed by atoms with van der Waals surface area (Å²) in [5.41, 5.74) is 4.88. The number of nitriles is 1. The van der Waals surface area contributed by atoms with Crippen molar-refractivity contribution in [3.05, 3.63) is 33.9 Å². The van der Waals surface area contributed by atoms with Crippen molar-refractivity contribution in [2.75, 3.05) is 6.54 Å². The van der Waals surface area contributed by atoms with Crippen LogP contribution in [0.5, 0.6) is 0 Å². The second-order valence-corrected chi connectivity index (χ2v) is 3.98. The van der Waals surface area contributed by atoms with Gasteiger partial charge in [-0.3, -0.25) is 4.79 Å². The van der Waals surface area contributed by atoms with E-state index in [1.165, 1.54) is 0 Å². The Hall–Kier alpha value is -1.82. The third-order valence-corrected chi connectivity index (χ3v) is 2.92. The maximum atomic E-state index is 11.9. The average molecular weight is 216 g/mol. The standard InChI is InChI=1S/C13H16N2O/c1-8-7-9(2)11(4)12(10(8)3)13(16)15-6-5-14/h7H,6H2,1-4H3,(H,15,16). The lowest BCUT2D eigenvalue weighted by molar-refractivity contribution is 0.0957. The summed E-state index contributed by atoms with van der Waals surface area (Å²) in [5.74, 6) is -0.164. The zero-order valence-corrected chi connectivity index (χ0v) is 10.1. The molecule has 84 valence electrons. The number of rotatable bonds is 2. The number of carbonyl (C=O) groups is 1. The molecule has 0 aliphatic rings. The summed E-state index contributed by atoms with van der Waals surface area (Å²) in [6.07, 6.45) is 0. The number of amides is 1. The second kappa shape index (κ2) is 4.80. The average Bonchev–Trinajstić information content (AvgIpc) is 2.24. The van der Waals surface area contributed by atoms with E-state index in [0.29, 0.717) is 5.56 Å². The molecule has 1 aromatic carbocycles. The highest BCUT2D eigenvalue weighted by atomic mass is 16.1. The largest absolute Gasteiger partial charge is 0.339 e. The number of carbonyl (C=O) groups excluding carboxylic acids is 1. The Morgan fingerprint density at radius 2 is 1.75 bits per heavy atom. The van der Waals surface area contributed by atoms with Crippen LogP contribution in [0.3, 0.4) is 0 Å². The van der Waals surface area contributed by atoms with Gasteiger partial charge in [0.25, 0.3) is 5.91 Å². The van der Waals surface area contributed by atoms with Gasteiger partial charge in [-0.25, -0.2) is 0 Å². The Labute approximate surface area is 96.1 Å². The maximum absolute atomic E-state index is 11.9. The van der Waals surface area contributed by atoms with Crippen LogP contribution in [0, 0.1) is 39.0 Å². The molecule has 0 saturated carbocycles. The van der Waals surface area contributed by atoms with E-state index in [0.717, 1.165) is 22.3 Å². The smallest absolute Gasteiger partial charge is 0.252 e. The Bertz CT molecular complexity index is 444. The molecule has 3 heteroatoms. The van der Waals surface area contributed by atoms with Crippen LogP contribution >= 0.6 is 0 Å². The maximum Gasteiger partial charge on any atom is 0.252 e. The van der Waals surface area contributed by atoms with Crippen molar-refractivity contribution in [3.8, 4) is 6.07 Å². The lowest BCUT2D eigenvalue weighted by Crippen LogP contribution is -2.25. The molecule has 0 saturated heterocycles. The SMILES string of the molecule is Cc1cc(C)c(C)c(C(=O)NCC#N)c1C. The molecule has 0 radical (unpaired) electrons. The number of hydrogen-bond acceptors (Lipinski definition) is 2. The first-order valence-electron chi connectivity index (χ1n) is 5.21. The van der Waals surface area contributed by atoms with Crippen LogP contribution in [-0.4, -0.2) is 12.5 Å². The fourth-order valence-corrected chi connectivity index (χ4v) is 1.77. The third kappa shape index (κ3) is 2.22. The highest BCUT2D eigenvalue weighted by molar-refractivity contribution is 5.97. The first-order valence-corrected chi connectivity index (χ1v) is 5.21. The van der Waals surface area contributed by atoms with Crippen LogP contribution < -0.4 is 5.32 Å². The molecule has 1 aromatic rings. The lowest BCUT2D eigenvalue weighted by Gasteiger charge is -2.14. The van der Waals surface area contributed by atoms with E-state index in [1.54, 1.807) is 0 Å². The molecule has 0 unspecified atom stereocenters. The van der Waals surface area contributed by atoms with Crippen molar-refractivity contribution < 1.29 is 4.79 Å². The summed E-state index contributed by atoms with van der Waals surface area (Å²) in [6.45, 7) is 7.89. The van der Waals surface area contributed by atoms with Gasteiger partial charge in [-0.2, -0.15) is 5.26 Å². The van der Waals surface area contributed by atoms with Gasteiger partial charge in [-0.05, 0) is 49.9 Å². The number of aryl methyl sites for hydroxylation is 2. The van der Waals surface area contributed by atoms with Gasteiger partial charge in [0, 0.05) is 5.56 Å². The zero-order valence-electron chi connectivity index (χ0n) is 10.1. The van der Waals surface area contributed by atoms with E-state index in [2.05, 4.69) is 11.4 Å². The quantitative estimate of drug-likeness (QED) is 0.770. The molecule has 3 nitrogen and oxygen atoms in total. The minimum Gasteiger partial charge on any atom is -0.339 e. The van der Waals surface area contributed by atoms with Gasteiger partial charge in [-0.15, -0.1) is 0 Å². The monoisotopic (exact) mass is 216 g/mol. The predicted molar refractivity (Wildman–Crippen MR) is 63.3 cm³/mol. The Morgan fingerprint density at radius 3 is 2.19 bits per heavy atom. The van der Waals surface area contributed by atoms with Crippen LogP contribution in [-0.2, 0) is 0 Å². The van der Waals surface area contributed by atoms with E-state index in [-0.39, 0.29) is 12.5 Å². The fourth-order valence-electron chi connectivity index (χ4n) is 1.77. The van der Waals surface area contributed by atoms with Gasteiger partial charge in [0.15, 0.2) is 0 Å². The summed E-state index contributed by atoms with van der Waals surface area (Å²) in [5, 5.41) is 11.0. The van der Waals surface area contributed by atoms with Crippen molar-refractivity contribution in [2.45, 2.75) is 27.7 Å². The molecule has 0 aliphatic carbocycles. The molecule has 0 atom stereocenters. The predicted octanol–water partition coefficient (Wildman–Crippen LogP) is 2.17. The van der Waals surface area contributed by atoms with E-state index in [4.69, 9.17) is 5.26 Å². The Kier molecular flexibility index (Phi) is 3.68. The highest BCUT2D eigenvalue weighted by Gasteiger charge is 2.14. The van der Waals surface area contributed by atoms with Gasteiger partial charge in [0.05, 0.1) is 6.07 Å². The molecule has 16 heavy (non-hydrogen) atoms. The molecule has 1 rings (SSSR count). The zero-order chi connectivity index (χ0) is 12.3. The van der Waals surface area contributed by atoms with Gasteiger partial charge < -0.3 is 5.32 Å². The van der Waals surface area contributed by atoms with Crippen LogP contribution in [0.15, 0.2) is 6.07 Å². The highest BCUT2D eigenvalue weighted by Crippen LogP contribution is 2.21. The third-order valence-electron chi connectivity index (χ3n) is 2.92. The molecular weight excluding hydrogens is 200 g/mol. The van der Waals surface area contributed by atoms with Crippen LogP contribution in [0.1, 0.15) is 32.6 Å². The molecule has 1 amide bonds. The summed E-state index contributed by atoms with van der Waals surface area (Å²) in [7, 11) is 0. The number of nitrogens with one attached hydrogen (secondary N) is 1. The van der Waals surface area contributed by atoms with Gasteiger partial charge in [0.2, 0.25) is 0 Å². The van der Waals surface area contributed by atoms with E-state index in [1.807, 2.05) is 33.8 Å². The Balaban J connectivity index is 3.22. The Morgan fingerprint density at radius 1 is 1.25 bits per heavy atom. The second-order valence-electron chi connectivity index (χ2n) is 3.98. The van der Waals surface area contributed by atoms with Crippen molar-refractivity contribution in [2.24, 2.45) is 0 Å². The fraction of sp³-hybridized carbons (Fsp3) is 0.385. The number of benzene rings is 1. The van der Waals surface area contributed by atoms with Crippen molar-refractivity contribution in [1.82, 2.24) is 5.32 Å².